The molecule has 0 radical (unpaired) electrons. The van der Waals surface area contributed by atoms with Crippen molar-refractivity contribution in [1.29, 1.82) is 0 Å². The van der Waals surface area contributed by atoms with Gasteiger partial charge in [0.25, 0.3) is 0 Å². The highest BCUT2D eigenvalue weighted by atomic mass is 35.3. The third kappa shape index (κ3) is 8.63. The van der Waals surface area contributed by atoms with E-state index in [4.69, 9.17) is 24.5 Å². The lowest BCUT2D eigenvalue weighted by atomic mass is 9.77. The van der Waals surface area contributed by atoms with Gasteiger partial charge in [-0.05, 0) is 53.8 Å². The minimum atomic E-state index is -5.90. The zero-order chi connectivity index (χ0) is 46.1. The molecular weight excluding hydrogens is 928 g/mol. The molecule has 340 valence electrons. The first-order chi connectivity index (χ1) is 30.1. The van der Waals surface area contributed by atoms with Gasteiger partial charge in [0.15, 0.2) is 23.3 Å². The number of aliphatic hydroxyl groups excluding tert-OH is 2. The number of carbonyl (C=O) groups is 2. The van der Waals surface area contributed by atoms with Crippen molar-refractivity contribution in [3.63, 3.8) is 0 Å². The molecule has 0 bridgehead atoms. The number of nitrogen functional groups attached to an aromatic ring is 1. The van der Waals surface area contributed by atoms with Crippen LogP contribution in [0.1, 0.15) is 33.3 Å². The van der Waals surface area contributed by atoms with E-state index in [0.29, 0.717) is 28.2 Å². The van der Waals surface area contributed by atoms with Crippen LogP contribution in [0, 0.1) is 0 Å². The van der Waals surface area contributed by atoms with E-state index in [1.165, 1.54) is 29.1 Å². The average Bonchev–Trinajstić information content (AvgIpc) is 3.86. The summed E-state index contributed by atoms with van der Waals surface area (Å²) in [4.78, 5) is 73.0. The predicted molar refractivity (Wildman–Crippen MR) is 228 cm³/mol. The molecule has 3 aromatic carbocycles. The molecule has 8 N–H and O–H groups in total. The highest BCUT2D eigenvalue weighted by molar-refractivity contribution is 8.55. The molecule has 28 heteroatoms. The van der Waals surface area contributed by atoms with Gasteiger partial charge in [-0.25, -0.2) is 33.4 Å². The highest BCUT2D eigenvalue weighted by Gasteiger charge is 2.54. The Morgan fingerprint density at radius 2 is 1.55 bits per heavy atom. The molecule has 5 heterocycles. The van der Waals surface area contributed by atoms with Crippen molar-refractivity contribution in [2.24, 2.45) is 0 Å². The van der Waals surface area contributed by atoms with E-state index >= 15 is 0 Å². The fourth-order valence-electron chi connectivity index (χ4n) is 7.31. The number of benzene rings is 3. The molecule has 3 aliphatic heterocycles. The fraction of sp³-hybridized carbons (Fsp3) is 0.306. The van der Waals surface area contributed by atoms with Gasteiger partial charge in [0.05, 0.1) is 24.3 Å². The van der Waals surface area contributed by atoms with E-state index in [9.17, 15) is 48.2 Å². The van der Waals surface area contributed by atoms with Crippen molar-refractivity contribution >= 4 is 79.7 Å². The van der Waals surface area contributed by atoms with E-state index in [2.05, 4.69) is 28.9 Å². The summed E-state index contributed by atoms with van der Waals surface area (Å²) in [7, 11) is -4.07. The van der Waals surface area contributed by atoms with E-state index < -0.39 is 76.8 Å². The molecule has 5 aromatic rings. The molecule has 1 amide bonds. The number of fused-ring (bicyclic) bond motifs is 7. The van der Waals surface area contributed by atoms with Gasteiger partial charge in [0.1, 0.15) is 41.7 Å². The van der Waals surface area contributed by atoms with Gasteiger partial charge in [-0.1, -0.05) is 0 Å². The number of ether oxygens (including phenoxy) is 3. The van der Waals surface area contributed by atoms with Gasteiger partial charge in [-0.2, -0.15) is 8.62 Å². The second-order valence-corrected chi connectivity index (χ2v) is 22.0. The number of rotatable bonds is 14. The van der Waals surface area contributed by atoms with E-state index in [1.54, 1.807) is 12.1 Å². The Hall–Kier alpha value is -4.97. The molecule has 3 unspecified atom stereocenters. The van der Waals surface area contributed by atoms with Crippen LogP contribution < -0.4 is 25.6 Å². The molecule has 1 spiro atoms. The maximum Gasteiger partial charge on any atom is 0.488 e. The van der Waals surface area contributed by atoms with Crippen molar-refractivity contribution in [2.45, 2.75) is 30.1 Å². The molecule has 0 saturated carbocycles. The number of aromatic nitrogens is 4. The minimum absolute atomic E-state index is 0.0196. The second-order valence-electron chi connectivity index (χ2n) is 14.9. The van der Waals surface area contributed by atoms with Gasteiger partial charge >= 0.3 is 28.4 Å². The highest BCUT2D eigenvalue weighted by Crippen LogP contribution is 2.71. The van der Waals surface area contributed by atoms with Crippen molar-refractivity contribution < 1.29 is 75.5 Å². The number of nitrogens with two attached hydrogens (primary N) is 1. The Kier molecular flexibility index (Phi) is 12.0. The summed E-state index contributed by atoms with van der Waals surface area (Å²) in [6.45, 7) is -6.31. The van der Waals surface area contributed by atoms with Crippen molar-refractivity contribution in [2.75, 3.05) is 61.4 Å². The number of aliphatic hydroxyl groups is 2. The first-order valence-corrected chi connectivity index (χ1v) is 24.9. The molecule has 64 heavy (non-hydrogen) atoms. The minimum Gasteiger partial charge on any atom is -0.456 e. The summed E-state index contributed by atoms with van der Waals surface area (Å²) < 4.78 is 70.8. The number of carbonyl (C=O) groups excluding carboxylic acids is 2. The number of imidazole rings is 1. The molecule has 0 aliphatic carbocycles. The average molecular weight is 968 g/mol. The number of hydrogen-bond acceptors (Lipinski definition) is 20. The summed E-state index contributed by atoms with van der Waals surface area (Å²) in [5.41, 5.74) is 7.92. The number of phosphoric acid groups is 2. The summed E-state index contributed by atoms with van der Waals surface area (Å²) in [6.07, 6.45) is -3.96. The molecule has 7 atom stereocenters. The monoisotopic (exact) mass is 967 g/mol. The first kappa shape index (κ1) is 45.6. The number of hydrogen-bond donors (Lipinski definition) is 7. The topological polar surface area (TPSA) is 330 Å². The normalized spacial score (nSPS) is 22.3. The molecule has 2 aromatic heterocycles. The Labute approximate surface area is 366 Å². The SMILES string of the molecule is CN(C)c1ccc2c(c1)Oc1cc(N(C)C)ccc1C21OC(=O)c2ccc(NC(=O)C[35S]P(=O)(O)OP(=O)(O)OP(=O)(O)OC[C@H]3O[C@@H](n4cnc5c(N)ncnc54)[C@H](O)[C@@H]3O)cc21. The standard InChI is InChI=1S/C36H39N8O16P3S/c1-42(2)19-6-9-22-25(12-19)56-26-13-20(43(3)4)7-10-23(26)36(22)24-11-18(5-8-21(24)35(48)58-36)41-28(45)15-64-63(53,54)60-62(51,52)59-61(49,50)55-14-27-30(46)31(47)34(57-27)44-17-40-29-32(37)38-16-39-33(29)44/h5-13,16-17,27,30-31,34,46-47H,14-15H2,1-4H3,(H,41,45)(H,49,50)(H,51,52)(H,53,54)(H2,37,38,39)/t27-,30-,31-,34-/m1/s1/i64+3. The number of amides is 1. The molecular formula is C36H39N8O16P3S. The summed E-state index contributed by atoms with van der Waals surface area (Å²) >= 11 is -0.126. The van der Waals surface area contributed by atoms with Crippen LogP contribution in [0.3, 0.4) is 0 Å². The number of esters is 1. The van der Waals surface area contributed by atoms with E-state index in [0.717, 1.165) is 17.7 Å². The van der Waals surface area contributed by atoms with Gasteiger partial charge in [-0.15, -0.1) is 0 Å². The molecule has 1 saturated heterocycles. The second kappa shape index (κ2) is 16.8. The lowest BCUT2D eigenvalue weighted by Gasteiger charge is -2.37. The molecule has 24 nitrogen and oxygen atoms in total. The lowest BCUT2D eigenvalue weighted by molar-refractivity contribution is -0.113. The Morgan fingerprint density at radius 3 is 2.19 bits per heavy atom. The quantitative estimate of drug-likeness (QED) is 0.0619. The van der Waals surface area contributed by atoms with Crippen molar-refractivity contribution in [3.8, 4) is 11.5 Å². The number of nitrogens with one attached hydrogen (secondary N) is 1. The van der Waals surface area contributed by atoms with Crippen LogP contribution in [0.25, 0.3) is 11.2 Å². The van der Waals surface area contributed by atoms with Crippen LogP contribution in [0.15, 0.2) is 67.3 Å². The van der Waals surface area contributed by atoms with Gasteiger partial charge in [-0.3, -0.25) is 13.9 Å². The van der Waals surface area contributed by atoms with Crippen LogP contribution in [0.2, 0.25) is 0 Å². The number of nitrogens with zero attached hydrogens (tertiary/aromatic N) is 6. The van der Waals surface area contributed by atoms with Crippen molar-refractivity contribution in [1.82, 2.24) is 19.5 Å². The Morgan fingerprint density at radius 1 is 0.891 bits per heavy atom. The smallest absolute Gasteiger partial charge is 0.456 e. The van der Waals surface area contributed by atoms with Gasteiger partial charge in [0.2, 0.25) is 5.91 Å². The summed E-state index contributed by atoms with van der Waals surface area (Å²) in [6, 6.07) is 15.3. The molecule has 8 rings (SSSR count). The maximum atomic E-state index is 13.5. The predicted octanol–water partition coefficient (Wildman–Crippen LogP) is 3.45. The summed E-state index contributed by atoms with van der Waals surface area (Å²) in [5.74, 6) is -1.53. The van der Waals surface area contributed by atoms with Crippen LogP contribution in [0.5, 0.6) is 11.5 Å². The van der Waals surface area contributed by atoms with Crippen molar-refractivity contribution in [3.05, 3.63) is 89.5 Å². The fourth-order valence-corrected chi connectivity index (χ4v) is 12.9. The third-order valence-electron chi connectivity index (χ3n) is 10.3. The number of anilines is 4. The maximum absolute atomic E-state index is 13.5. The zero-order valence-corrected chi connectivity index (χ0v) is 37.3. The third-order valence-corrected chi connectivity index (χ3v) is 16.7. The first-order valence-electron chi connectivity index (χ1n) is 18.7. The zero-order valence-electron chi connectivity index (χ0n) is 33.8. The molecule has 3 aliphatic rings. The Balaban J connectivity index is 0.916. The van der Waals surface area contributed by atoms with Crippen LogP contribution in [-0.2, 0) is 46.7 Å². The van der Waals surface area contributed by atoms with Crippen LogP contribution >= 0.6 is 33.8 Å². The largest absolute Gasteiger partial charge is 0.488 e. The van der Waals surface area contributed by atoms with Crippen LogP contribution in [-0.4, -0.2) is 115 Å². The molecule has 1 fully saturated rings. The van der Waals surface area contributed by atoms with E-state index in [1.807, 2.05) is 62.3 Å². The summed E-state index contributed by atoms with van der Waals surface area (Å²) in [5, 5.41) is 23.7. The van der Waals surface area contributed by atoms with Crippen LogP contribution in [0.4, 0.5) is 22.9 Å². The van der Waals surface area contributed by atoms with Gasteiger partial charge in [0, 0.05) is 74.1 Å². The number of phosphoric ester groups is 1. The lowest BCUT2D eigenvalue weighted by Crippen LogP contribution is -2.33. The Bertz CT molecular complexity index is 2790. The van der Waals surface area contributed by atoms with E-state index in [-0.39, 0.29) is 39.6 Å². The van der Waals surface area contributed by atoms with Gasteiger partial charge < -0.3 is 60.0 Å².